The first-order valence-electron chi connectivity index (χ1n) is 8.21. The van der Waals surface area contributed by atoms with Crippen molar-refractivity contribution in [3.63, 3.8) is 0 Å². The van der Waals surface area contributed by atoms with E-state index in [1.807, 2.05) is 32.0 Å². The van der Waals surface area contributed by atoms with Crippen molar-refractivity contribution in [2.45, 2.75) is 13.8 Å². The van der Waals surface area contributed by atoms with Gasteiger partial charge in [-0.25, -0.2) is 0 Å². The Bertz CT molecular complexity index is 934. The molecule has 138 valence electrons. The molecule has 0 aromatic heterocycles. The number of nitrogens with one attached hydrogen (secondary N) is 1. The van der Waals surface area contributed by atoms with Gasteiger partial charge in [-0.15, -0.1) is 0 Å². The molecular formula is C20H17ClN2O3S. The molecule has 2 aromatic rings. The van der Waals surface area contributed by atoms with Gasteiger partial charge in [0, 0.05) is 10.7 Å². The van der Waals surface area contributed by atoms with Crippen LogP contribution in [0, 0.1) is 13.8 Å². The van der Waals surface area contributed by atoms with Gasteiger partial charge in [-0.2, -0.15) is 0 Å². The second-order valence-corrected chi connectivity index (χ2v) is 7.67. The molecule has 2 aromatic carbocycles. The van der Waals surface area contributed by atoms with E-state index in [4.69, 9.17) is 11.6 Å². The number of anilines is 1. The van der Waals surface area contributed by atoms with Crippen LogP contribution in [-0.4, -0.2) is 28.5 Å². The van der Waals surface area contributed by atoms with Gasteiger partial charge in [0.1, 0.15) is 6.54 Å². The van der Waals surface area contributed by atoms with E-state index in [1.54, 1.807) is 30.3 Å². The molecule has 1 fully saturated rings. The van der Waals surface area contributed by atoms with Crippen molar-refractivity contribution in [2.75, 3.05) is 11.9 Å². The molecule has 0 saturated carbocycles. The molecular weight excluding hydrogens is 384 g/mol. The van der Waals surface area contributed by atoms with Gasteiger partial charge in [0.25, 0.3) is 11.1 Å². The zero-order chi connectivity index (χ0) is 19.6. The van der Waals surface area contributed by atoms with Gasteiger partial charge in [0.15, 0.2) is 0 Å². The summed E-state index contributed by atoms with van der Waals surface area (Å²) in [5, 5.41) is 2.86. The molecule has 1 aliphatic rings. The molecule has 1 aliphatic heterocycles. The summed E-state index contributed by atoms with van der Waals surface area (Å²) in [6.07, 6.45) is 1.61. The Hall–Kier alpha value is -2.57. The van der Waals surface area contributed by atoms with Crippen molar-refractivity contribution < 1.29 is 14.4 Å². The minimum atomic E-state index is -0.476. The highest BCUT2D eigenvalue weighted by Crippen LogP contribution is 2.32. The summed E-state index contributed by atoms with van der Waals surface area (Å²) >= 11 is 6.67. The number of benzene rings is 2. The van der Waals surface area contributed by atoms with E-state index < -0.39 is 17.1 Å². The number of carbonyl (C=O) groups is 3. The standard InChI is InChI=1S/C20H17ClN2O3S/c1-12-7-13(2)9-16(8-12)22-18(24)11-23-19(25)17(27-20(23)26)10-14-3-5-15(21)6-4-14/h3-10H,11H2,1-2H3,(H,22,24)/b17-10+. The smallest absolute Gasteiger partial charge is 0.294 e. The number of thioether (sulfide) groups is 1. The summed E-state index contributed by atoms with van der Waals surface area (Å²) in [5.41, 5.74) is 3.43. The molecule has 3 rings (SSSR count). The fourth-order valence-corrected chi connectivity index (χ4v) is 3.70. The molecule has 0 radical (unpaired) electrons. The molecule has 27 heavy (non-hydrogen) atoms. The Morgan fingerprint density at radius 1 is 1.11 bits per heavy atom. The van der Waals surface area contributed by atoms with Crippen LogP contribution in [-0.2, 0) is 9.59 Å². The van der Waals surface area contributed by atoms with Crippen LogP contribution in [0.3, 0.4) is 0 Å². The highest BCUT2D eigenvalue weighted by molar-refractivity contribution is 8.18. The second-order valence-electron chi connectivity index (χ2n) is 6.24. The SMILES string of the molecule is Cc1cc(C)cc(NC(=O)CN2C(=O)S/C(=C/c3ccc(Cl)cc3)C2=O)c1. The number of hydrogen-bond acceptors (Lipinski definition) is 4. The summed E-state index contributed by atoms with van der Waals surface area (Å²) in [7, 11) is 0. The minimum absolute atomic E-state index is 0.279. The van der Waals surface area contributed by atoms with E-state index in [-0.39, 0.29) is 11.4 Å². The number of rotatable bonds is 4. The van der Waals surface area contributed by atoms with Gasteiger partial charge in [-0.3, -0.25) is 19.3 Å². The molecule has 0 spiro atoms. The van der Waals surface area contributed by atoms with Crippen molar-refractivity contribution in [2.24, 2.45) is 0 Å². The molecule has 0 bridgehead atoms. The van der Waals surface area contributed by atoms with Crippen LogP contribution in [0.25, 0.3) is 6.08 Å². The van der Waals surface area contributed by atoms with Gasteiger partial charge >= 0.3 is 0 Å². The molecule has 7 heteroatoms. The summed E-state index contributed by atoms with van der Waals surface area (Å²) in [6, 6.07) is 12.6. The van der Waals surface area contributed by atoms with Crippen molar-refractivity contribution in [3.05, 3.63) is 69.1 Å². The average Bonchev–Trinajstić information content (AvgIpc) is 2.83. The third-order valence-electron chi connectivity index (χ3n) is 3.85. The zero-order valence-corrected chi connectivity index (χ0v) is 16.4. The Balaban J connectivity index is 1.69. The quantitative estimate of drug-likeness (QED) is 0.759. The lowest BCUT2D eigenvalue weighted by molar-refractivity contribution is -0.127. The lowest BCUT2D eigenvalue weighted by atomic mass is 10.1. The topological polar surface area (TPSA) is 66.5 Å². The summed E-state index contributed by atoms with van der Waals surface area (Å²) < 4.78 is 0. The maximum Gasteiger partial charge on any atom is 0.294 e. The van der Waals surface area contributed by atoms with E-state index in [1.165, 1.54) is 0 Å². The van der Waals surface area contributed by atoms with Crippen LogP contribution < -0.4 is 5.32 Å². The molecule has 3 amide bonds. The second kappa shape index (κ2) is 7.98. The van der Waals surface area contributed by atoms with Crippen LogP contribution >= 0.6 is 23.4 Å². The fraction of sp³-hybridized carbons (Fsp3) is 0.150. The van der Waals surface area contributed by atoms with Gasteiger partial charge in [-0.1, -0.05) is 29.8 Å². The lowest BCUT2D eigenvalue weighted by Gasteiger charge is -2.13. The van der Waals surface area contributed by atoms with Crippen molar-refractivity contribution >= 4 is 52.2 Å². The van der Waals surface area contributed by atoms with Gasteiger partial charge in [0.2, 0.25) is 5.91 Å². The predicted octanol–water partition coefficient (Wildman–Crippen LogP) is 4.63. The molecule has 1 N–H and O–H groups in total. The molecule has 0 atom stereocenters. The summed E-state index contributed by atoms with van der Waals surface area (Å²) in [4.78, 5) is 38.2. The van der Waals surface area contributed by atoms with E-state index >= 15 is 0 Å². The summed E-state index contributed by atoms with van der Waals surface area (Å²) in [6.45, 7) is 3.54. The first kappa shape index (κ1) is 19.2. The van der Waals surface area contributed by atoms with Crippen molar-refractivity contribution in [3.8, 4) is 0 Å². The number of imide groups is 1. The maximum absolute atomic E-state index is 12.5. The number of halogens is 1. The van der Waals surface area contributed by atoms with Gasteiger partial charge < -0.3 is 5.32 Å². The third-order valence-corrected chi connectivity index (χ3v) is 5.01. The third kappa shape index (κ3) is 4.78. The van der Waals surface area contributed by atoms with Gasteiger partial charge in [0.05, 0.1) is 4.91 Å². The highest BCUT2D eigenvalue weighted by Gasteiger charge is 2.36. The first-order valence-corrected chi connectivity index (χ1v) is 9.40. The Morgan fingerprint density at radius 3 is 2.37 bits per heavy atom. The van der Waals surface area contributed by atoms with E-state index in [0.717, 1.165) is 33.4 Å². The number of nitrogens with zero attached hydrogens (tertiary/aromatic N) is 1. The van der Waals surface area contributed by atoms with Crippen molar-refractivity contribution in [1.82, 2.24) is 4.90 Å². The lowest BCUT2D eigenvalue weighted by Crippen LogP contribution is -2.36. The van der Waals surface area contributed by atoms with Crippen molar-refractivity contribution in [1.29, 1.82) is 0 Å². The summed E-state index contributed by atoms with van der Waals surface area (Å²) in [5.74, 6) is -0.898. The van der Waals surface area contributed by atoms with Crippen LogP contribution in [0.4, 0.5) is 10.5 Å². The monoisotopic (exact) mass is 400 g/mol. The molecule has 0 unspecified atom stereocenters. The Morgan fingerprint density at radius 2 is 1.74 bits per heavy atom. The largest absolute Gasteiger partial charge is 0.325 e. The van der Waals surface area contributed by atoms with Crippen LogP contribution in [0.15, 0.2) is 47.4 Å². The zero-order valence-electron chi connectivity index (χ0n) is 14.8. The number of aryl methyl sites for hydroxylation is 2. The Kier molecular flexibility index (Phi) is 5.68. The average molecular weight is 401 g/mol. The Labute approximate surface area is 166 Å². The van der Waals surface area contributed by atoms with Crippen LogP contribution in [0.1, 0.15) is 16.7 Å². The van der Waals surface area contributed by atoms with Crippen LogP contribution in [0.2, 0.25) is 5.02 Å². The normalized spacial score (nSPS) is 15.5. The molecule has 1 heterocycles. The minimum Gasteiger partial charge on any atom is -0.325 e. The van der Waals surface area contributed by atoms with Gasteiger partial charge in [-0.05, 0) is 72.6 Å². The molecule has 5 nitrogen and oxygen atoms in total. The molecule has 0 aliphatic carbocycles. The maximum atomic E-state index is 12.5. The first-order chi connectivity index (χ1) is 12.8. The van der Waals surface area contributed by atoms with Crippen LogP contribution in [0.5, 0.6) is 0 Å². The number of carbonyl (C=O) groups excluding carboxylic acids is 3. The number of amides is 3. The molecule has 1 saturated heterocycles. The highest BCUT2D eigenvalue weighted by atomic mass is 35.5. The van der Waals surface area contributed by atoms with E-state index in [0.29, 0.717) is 10.7 Å². The fourth-order valence-electron chi connectivity index (χ4n) is 2.74. The number of hydrogen-bond donors (Lipinski definition) is 1. The van der Waals surface area contributed by atoms with E-state index in [9.17, 15) is 14.4 Å². The van der Waals surface area contributed by atoms with E-state index in [2.05, 4.69) is 5.32 Å². The predicted molar refractivity (Wildman–Crippen MR) is 109 cm³/mol.